The van der Waals surface area contributed by atoms with E-state index in [0.29, 0.717) is 11.3 Å². The van der Waals surface area contributed by atoms with E-state index in [0.717, 1.165) is 11.1 Å². The average Bonchev–Trinajstić information content (AvgIpc) is 2.48. The second-order valence-electron chi connectivity index (χ2n) is 4.88. The highest BCUT2D eigenvalue weighted by Crippen LogP contribution is 2.24. The van der Waals surface area contributed by atoms with Gasteiger partial charge in [0, 0.05) is 12.1 Å². The van der Waals surface area contributed by atoms with E-state index in [2.05, 4.69) is 0 Å². The summed E-state index contributed by atoms with van der Waals surface area (Å²) in [6.07, 6.45) is -0.912. The molecular weight excluding hydrogens is 270 g/mol. The van der Waals surface area contributed by atoms with Crippen LogP contribution in [-0.2, 0) is 0 Å². The third kappa shape index (κ3) is 3.58. The van der Waals surface area contributed by atoms with Crippen molar-refractivity contribution < 1.29 is 14.8 Å². The Labute approximate surface area is 123 Å². The molecule has 2 aromatic rings. The number of nitrogens with zero attached hydrogens (tertiary/aromatic N) is 1. The van der Waals surface area contributed by atoms with Gasteiger partial charge in [-0.15, -0.1) is 0 Å². The minimum absolute atomic E-state index is 0.0433. The predicted molar refractivity (Wildman–Crippen MR) is 79.5 cm³/mol. The van der Waals surface area contributed by atoms with Crippen LogP contribution in [0.15, 0.2) is 42.5 Å². The molecule has 0 saturated carbocycles. The van der Waals surface area contributed by atoms with Gasteiger partial charge in [-0.2, -0.15) is 0 Å². The summed E-state index contributed by atoms with van der Waals surface area (Å²) in [4.78, 5) is 10.2. The highest BCUT2D eigenvalue weighted by Gasteiger charge is 2.13. The summed E-state index contributed by atoms with van der Waals surface area (Å²) in [6.45, 7) is 3.98. The second kappa shape index (κ2) is 6.37. The number of aliphatic hydroxyl groups is 1. The zero-order valence-electron chi connectivity index (χ0n) is 11.9. The number of non-ortho nitro benzene ring substituents is 1. The fourth-order valence-corrected chi connectivity index (χ4v) is 1.99. The number of hydrogen-bond acceptors (Lipinski definition) is 4. The van der Waals surface area contributed by atoms with E-state index in [9.17, 15) is 15.2 Å². The van der Waals surface area contributed by atoms with E-state index in [1.807, 2.05) is 32.0 Å². The monoisotopic (exact) mass is 287 g/mol. The molecule has 21 heavy (non-hydrogen) atoms. The number of aryl methyl sites for hydroxylation is 1. The number of ether oxygens (including phenoxy) is 1. The van der Waals surface area contributed by atoms with E-state index in [1.54, 1.807) is 12.1 Å². The summed E-state index contributed by atoms with van der Waals surface area (Å²) in [6, 6.07) is 11.6. The smallest absolute Gasteiger partial charge is 0.269 e. The van der Waals surface area contributed by atoms with E-state index >= 15 is 0 Å². The molecule has 110 valence electrons. The maximum Gasteiger partial charge on any atom is 0.269 e. The van der Waals surface area contributed by atoms with E-state index in [-0.39, 0.29) is 12.3 Å². The second-order valence-corrected chi connectivity index (χ2v) is 4.88. The Morgan fingerprint density at radius 1 is 1.24 bits per heavy atom. The van der Waals surface area contributed by atoms with Crippen LogP contribution >= 0.6 is 0 Å². The molecule has 2 aromatic carbocycles. The van der Waals surface area contributed by atoms with Gasteiger partial charge in [-0.1, -0.05) is 24.3 Å². The molecule has 1 unspecified atom stereocenters. The number of hydrogen-bond donors (Lipinski definition) is 1. The van der Waals surface area contributed by atoms with Crippen molar-refractivity contribution in [1.82, 2.24) is 0 Å². The highest BCUT2D eigenvalue weighted by molar-refractivity contribution is 5.38. The number of nitro benzene ring substituents is 1. The first-order valence-corrected chi connectivity index (χ1v) is 6.60. The lowest BCUT2D eigenvalue weighted by molar-refractivity contribution is -0.385. The molecule has 2 rings (SSSR count). The minimum Gasteiger partial charge on any atom is -0.490 e. The topological polar surface area (TPSA) is 72.6 Å². The number of aliphatic hydroxyl groups excluding tert-OH is 1. The Balaban J connectivity index is 2.08. The van der Waals surface area contributed by atoms with E-state index < -0.39 is 11.0 Å². The average molecular weight is 287 g/mol. The van der Waals surface area contributed by atoms with Gasteiger partial charge in [0.25, 0.3) is 5.69 Å². The van der Waals surface area contributed by atoms with Gasteiger partial charge < -0.3 is 9.84 Å². The van der Waals surface area contributed by atoms with Crippen molar-refractivity contribution >= 4 is 5.69 Å². The summed E-state index contributed by atoms with van der Waals surface area (Å²) in [5.74, 6) is 0.708. The first kappa shape index (κ1) is 15.0. The lowest BCUT2D eigenvalue weighted by Crippen LogP contribution is -2.10. The van der Waals surface area contributed by atoms with Crippen LogP contribution in [0.5, 0.6) is 5.75 Å². The molecule has 5 heteroatoms. The van der Waals surface area contributed by atoms with Crippen LogP contribution in [0.3, 0.4) is 0 Å². The van der Waals surface area contributed by atoms with Crippen molar-refractivity contribution in [2.75, 3.05) is 6.61 Å². The van der Waals surface area contributed by atoms with Crippen LogP contribution in [0.4, 0.5) is 5.69 Å². The molecular formula is C16H17NO4. The van der Waals surface area contributed by atoms with Crippen LogP contribution in [0.1, 0.15) is 22.8 Å². The molecule has 0 aliphatic heterocycles. The molecule has 0 aliphatic rings. The Kier molecular flexibility index (Phi) is 4.55. The molecule has 0 radical (unpaired) electrons. The van der Waals surface area contributed by atoms with E-state index in [1.165, 1.54) is 12.1 Å². The lowest BCUT2D eigenvalue weighted by Gasteiger charge is -2.15. The fourth-order valence-electron chi connectivity index (χ4n) is 1.99. The van der Waals surface area contributed by atoms with Crippen molar-refractivity contribution in [3.63, 3.8) is 0 Å². The SMILES string of the molecule is Cc1cccc(OCC(O)c2cccc([N+](=O)[O-])c2)c1C. The van der Waals surface area contributed by atoms with Crippen molar-refractivity contribution in [2.24, 2.45) is 0 Å². The minimum atomic E-state index is -0.912. The standard InChI is InChI=1S/C16H17NO4/c1-11-5-3-8-16(12(11)2)21-10-15(18)13-6-4-7-14(9-13)17(19)20/h3-9,15,18H,10H2,1-2H3. The van der Waals surface area contributed by atoms with Crippen LogP contribution < -0.4 is 4.74 Å². The number of rotatable bonds is 5. The summed E-state index contributed by atoms with van der Waals surface area (Å²) in [5, 5.41) is 20.8. The van der Waals surface area contributed by atoms with Gasteiger partial charge in [-0.25, -0.2) is 0 Å². The molecule has 5 nitrogen and oxygen atoms in total. The van der Waals surface area contributed by atoms with Gasteiger partial charge in [0.15, 0.2) is 0 Å². The van der Waals surface area contributed by atoms with Crippen molar-refractivity contribution in [3.05, 3.63) is 69.3 Å². The molecule has 0 amide bonds. The first-order valence-electron chi connectivity index (χ1n) is 6.60. The number of benzene rings is 2. The highest BCUT2D eigenvalue weighted by atomic mass is 16.6. The van der Waals surface area contributed by atoms with E-state index in [4.69, 9.17) is 4.74 Å². The summed E-state index contributed by atoms with van der Waals surface area (Å²) in [7, 11) is 0. The first-order chi connectivity index (χ1) is 9.99. The third-order valence-corrected chi connectivity index (χ3v) is 3.42. The van der Waals surface area contributed by atoms with Gasteiger partial charge in [0.1, 0.15) is 18.5 Å². The molecule has 0 aliphatic carbocycles. The maximum atomic E-state index is 10.7. The van der Waals surface area contributed by atoms with Gasteiger partial charge in [-0.05, 0) is 36.6 Å². The molecule has 1 N–H and O–H groups in total. The molecule has 0 spiro atoms. The van der Waals surface area contributed by atoms with Gasteiger partial charge in [0.05, 0.1) is 4.92 Å². The summed E-state index contributed by atoms with van der Waals surface area (Å²) >= 11 is 0. The van der Waals surface area contributed by atoms with Crippen molar-refractivity contribution in [2.45, 2.75) is 20.0 Å². The van der Waals surface area contributed by atoms with Crippen LogP contribution in [0, 0.1) is 24.0 Å². The Hall–Kier alpha value is -2.40. The molecule has 0 heterocycles. The predicted octanol–water partition coefficient (Wildman–Crippen LogP) is 3.32. The normalized spacial score (nSPS) is 12.0. The zero-order chi connectivity index (χ0) is 15.4. The maximum absolute atomic E-state index is 10.7. The summed E-state index contributed by atoms with van der Waals surface area (Å²) in [5.41, 5.74) is 2.55. The molecule has 0 fully saturated rings. The van der Waals surface area contributed by atoms with Crippen molar-refractivity contribution in [3.8, 4) is 5.75 Å². The van der Waals surface area contributed by atoms with Crippen LogP contribution in [0.25, 0.3) is 0 Å². The largest absolute Gasteiger partial charge is 0.490 e. The number of nitro groups is 1. The van der Waals surface area contributed by atoms with Crippen LogP contribution in [0.2, 0.25) is 0 Å². The van der Waals surface area contributed by atoms with Crippen molar-refractivity contribution in [1.29, 1.82) is 0 Å². The van der Waals surface area contributed by atoms with Crippen LogP contribution in [-0.4, -0.2) is 16.6 Å². The Morgan fingerprint density at radius 2 is 1.95 bits per heavy atom. The third-order valence-electron chi connectivity index (χ3n) is 3.42. The Morgan fingerprint density at radius 3 is 2.67 bits per heavy atom. The quantitative estimate of drug-likeness (QED) is 0.676. The Bertz CT molecular complexity index is 654. The molecule has 0 saturated heterocycles. The lowest BCUT2D eigenvalue weighted by atomic mass is 10.1. The van der Waals surface area contributed by atoms with Gasteiger partial charge >= 0.3 is 0 Å². The van der Waals surface area contributed by atoms with Gasteiger partial charge in [-0.3, -0.25) is 10.1 Å². The molecule has 1 atom stereocenters. The summed E-state index contributed by atoms with van der Waals surface area (Å²) < 4.78 is 5.61. The van der Waals surface area contributed by atoms with Gasteiger partial charge in [0.2, 0.25) is 0 Å². The zero-order valence-corrected chi connectivity index (χ0v) is 11.9. The molecule has 0 aromatic heterocycles. The molecule has 0 bridgehead atoms. The fraction of sp³-hybridized carbons (Fsp3) is 0.250.